The first-order valence-corrected chi connectivity index (χ1v) is 12.0. The maximum atomic E-state index is 13.6. The van der Waals surface area contributed by atoms with Crippen LogP contribution >= 0.6 is 11.3 Å². The highest BCUT2D eigenvalue weighted by molar-refractivity contribution is 7.19. The van der Waals surface area contributed by atoms with Gasteiger partial charge in [-0.15, -0.1) is 11.3 Å². The Bertz CT molecular complexity index is 1240. The molecule has 1 saturated heterocycles. The van der Waals surface area contributed by atoms with Crippen LogP contribution in [-0.2, 0) is 35.6 Å². The zero-order valence-electron chi connectivity index (χ0n) is 18.6. The summed E-state index contributed by atoms with van der Waals surface area (Å²) in [7, 11) is 0. The Balaban J connectivity index is 1.63. The van der Waals surface area contributed by atoms with E-state index in [4.69, 9.17) is 9.47 Å². The van der Waals surface area contributed by atoms with Gasteiger partial charge in [0.2, 0.25) is 0 Å². The van der Waals surface area contributed by atoms with Crippen LogP contribution in [0.25, 0.3) is 10.2 Å². The highest BCUT2D eigenvalue weighted by atomic mass is 32.1. The molecule has 32 heavy (non-hydrogen) atoms. The fourth-order valence-corrected chi connectivity index (χ4v) is 6.03. The molecule has 0 amide bonds. The van der Waals surface area contributed by atoms with E-state index in [1.54, 1.807) is 0 Å². The molecule has 1 fully saturated rings. The van der Waals surface area contributed by atoms with Gasteiger partial charge in [0, 0.05) is 43.0 Å². The number of hydrogen-bond donors (Lipinski definition) is 0. The van der Waals surface area contributed by atoms with Crippen molar-refractivity contribution in [1.82, 2.24) is 14.0 Å². The van der Waals surface area contributed by atoms with Crippen LogP contribution in [0.15, 0.2) is 39.9 Å². The van der Waals surface area contributed by atoms with Crippen molar-refractivity contribution in [2.24, 2.45) is 0 Å². The summed E-state index contributed by atoms with van der Waals surface area (Å²) in [5.41, 5.74) is 2.01. The number of thiophene rings is 1. The van der Waals surface area contributed by atoms with Crippen LogP contribution in [0.2, 0.25) is 0 Å². The van der Waals surface area contributed by atoms with E-state index in [-0.39, 0.29) is 23.4 Å². The van der Waals surface area contributed by atoms with Gasteiger partial charge in [-0.2, -0.15) is 0 Å². The summed E-state index contributed by atoms with van der Waals surface area (Å²) >= 11 is 1.53. The van der Waals surface area contributed by atoms with Crippen LogP contribution in [0.3, 0.4) is 0 Å². The van der Waals surface area contributed by atoms with Gasteiger partial charge in [-0.05, 0) is 19.4 Å². The van der Waals surface area contributed by atoms with Crippen molar-refractivity contribution in [3.63, 3.8) is 0 Å². The summed E-state index contributed by atoms with van der Waals surface area (Å²) in [6, 6.07) is 9.69. The average Bonchev–Trinajstić information content (AvgIpc) is 3.15. The zero-order chi connectivity index (χ0) is 22.3. The van der Waals surface area contributed by atoms with Crippen molar-refractivity contribution in [1.29, 1.82) is 0 Å². The third kappa shape index (κ3) is 4.08. The van der Waals surface area contributed by atoms with Gasteiger partial charge in [0.1, 0.15) is 4.70 Å². The molecule has 8 heteroatoms. The number of fused-ring (bicyclic) bond motifs is 3. The van der Waals surface area contributed by atoms with Gasteiger partial charge >= 0.3 is 5.69 Å². The van der Waals surface area contributed by atoms with Crippen molar-refractivity contribution in [2.75, 3.05) is 32.8 Å². The molecule has 2 aromatic heterocycles. The molecule has 0 N–H and O–H groups in total. The van der Waals surface area contributed by atoms with E-state index in [1.807, 2.05) is 34.9 Å². The molecule has 0 atom stereocenters. The van der Waals surface area contributed by atoms with Crippen LogP contribution < -0.4 is 11.2 Å². The van der Waals surface area contributed by atoms with Crippen molar-refractivity contribution in [3.05, 3.63) is 67.2 Å². The van der Waals surface area contributed by atoms with Crippen molar-refractivity contribution < 1.29 is 9.47 Å². The maximum Gasteiger partial charge on any atom is 0.331 e. The third-order valence-corrected chi connectivity index (χ3v) is 7.56. The first kappa shape index (κ1) is 21.6. The van der Waals surface area contributed by atoms with E-state index in [0.717, 1.165) is 47.6 Å². The SMILES string of the molecule is CC1(C)Cc2sc3c(=O)n(Cc4ccccc4)c(=O)n(CCN4CCOCC4)c3c2CO1. The Kier molecular flexibility index (Phi) is 5.79. The molecule has 0 unspecified atom stereocenters. The van der Waals surface area contributed by atoms with Crippen molar-refractivity contribution in [2.45, 2.75) is 45.6 Å². The second-order valence-electron chi connectivity index (χ2n) is 9.17. The molecular formula is C24H29N3O4S. The number of benzene rings is 1. The summed E-state index contributed by atoms with van der Waals surface area (Å²) < 4.78 is 15.4. The minimum Gasteiger partial charge on any atom is -0.379 e. The maximum absolute atomic E-state index is 13.6. The lowest BCUT2D eigenvalue weighted by Gasteiger charge is -2.30. The molecule has 0 bridgehead atoms. The Morgan fingerprint density at radius 1 is 1.03 bits per heavy atom. The first-order valence-electron chi connectivity index (χ1n) is 11.2. The fraction of sp³-hybridized carbons (Fsp3) is 0.500. The number of aromatic nitrogens is 2. The minimum absolute atomic E-state index is 0.200. The lowest BCUT2D eigenvalue weighted by atomic mass is 9.98. The van der Waals surface area contributed by atoms with E-state index >= 15 is 0 Å². The molecule has 1 aromatic carbocycles. The van der Waals surface area contributed by atoms with Gasteiger partial charge in [-0.1, -0.05) is 30.3 Å². The average molecular weight is 456 g/mol. The smallest absolute Gasteiger partial charge is 0.331 e. The van der Waals surface area contributed by atoms with Crippen LogP contribution in [0.4, 0.5) is 0 Å². The molecule has 2 aliphatic rings. The zero-order valence-corrected chi connectivity index (χ0v) is 19.5. The molecule has 4 heterocycles. The first-order chi connectivity index (χ1) is 15.4. The van der Waals surface area contributed by atoms with Crippen molar-refractivity contribution in [3.8, 4) is 0 Å². The lowest BCUT2D eigenvalue weighted by Crippen LogP contribution is -2.43. The van der Waals surface area contributed by atoms with Gasteiger partial charge < -0.3 is 9.47 Å². The number of rotatable bonds is 5. The number of ether oxygens (including phenoxy) is 2. The molecule has 5 rings (SSSR count). The van der Waals surface area contributed by atoms with Crippen LogP contribution in [-0.4, -0.2) is 52.5 Å². The van der Waals surface area contributed by atoms with E-state index in [9.17, 15) is 9.59 Å². The molecule has 0 saturated carbocycles. The van der Waals surface area contributed by atoms with Gasteiger partial charge in [0.25, 0.3) is 5.56 Å². The number of nitrogens with zero attached hydrogens (tertiary/aromatic N) is 3. The monoisotopic (exact) mass is 455 g/mol. The summed E-state index contributed by atoms with van der Waals surface area (Å²) in [5, 5.41) is 0. The molecule has 2 aliphatic heterocycles. The standard InChI is InChI=1S/C24H29N3O4S/c1-24(2)14-19-18(16-31-24)20-21(32-19)22(28)27(15-17-6-4-3-5-7-17)23(29)26(20)9-8-25-10-12-30-13-11-25/h3-7H,8-16H2,1-2H3. The van der Waals surface area contributed by atoms with Gasteiger partial charge in [0.15, 0.2) is 0 Å². The van der Waals surface area contributed by atoms with Crippen LogP contribution in [0.1, 0.15) is 29.9 Å². The number of hydrogen-bond acceptors (Lipinski definition) is 6. The Hall–Kier alpha value is -2.26. The molecule has 0 aliphatic carbocycles. The predicted molar refractivity (Wildman–Crippen MR) is 126 cm³/mol. The quantitative estimate of drug-likeness (QED) is 0.591. The largest absolute Gasteiger partial charge is 0.379 e. The van der Waals surface area contributed by atoms with Gasteiger partial charge in [-0.3, -0.25) is 18.8 Å². The summed E-state index contributed by atoms with van der Waals surface area (Å²) in [5.74, 6) is 0. The topological polar surface area (TPSA) is 65.7 Å². The predicted octanol–water partition coefficient (Wildman–Crippen LogP) is 2.46. The summed E-state index contributed by atoms with van der Waals surface area (Å²) in [6.07, 6.45) is 0.747. The van der Waals surface area contributed by atoms with Crippen LogP contribution in [0, 0.1) is 0 Å². The Morgan fingerprint density at radius 2 is 1.78 bits per heavy atom. The molecule has 3 aromatic rings. The Labute approximate surface area is 190 Å². The molecule has 0 radical (unpaired) electrons. The van der Waals surface area contributed by atoms with E-state index in [2.05, 4.69) is 18.7 Å². The van der Waals surface area contributed by atoms with Gasteiger partial charge in [0.05, 0.1) is 37.5 Å². The highest BCUT2D eigenvalue weighted by Crippen LogP contribution is 2.37. The second kappa shape index (κ2) is 8.59. The molecule has 0 spiro atoms. The third-order valence-electron chi connectivity index (χ3n) is 6.35. The minimum atomic E-state index is -0.268. The van der Waals surface area contributed by atoms with E-state index < -0.39 is 0 Å². The summed E-state index contributed by atoms with van der Waals surface area (Å²) in [4.78, 5) is 30.6. The second-order valence-corrected chi connectivity index (χ2v) is 10.3. The van der Waals surface area contributed by atoms with Crippen LogP contribution in [0.5, 0.6) is 0 Å². The Morgan fingerprint density at radius 3 is 2.53 bits per heavy atom. The van der Waals surface area contributed by atoms with E-state index in [0.29, 0.717) is 31.1 Å². The number of morpholine rings is 1. The molecule has 170 valence electrons. The molecular weight excluding hydrogens is 426 g/mol. The van der Waals surface area contributed by atoms with Gasteiger partial charge in [-0.25, -0.2) is 4.79 Å². The highest BCUT2D eigenvalue weighted by Gasteiger charge is 2.31. The fourth-order valence-electron chi connectivity index (χ4n) is 4.56. The summed E-state index contributed by atoms with van der Waals surface area (Å²) in [6.45, 7) is 9.29. The lowest BCUT2D eigenvalue weighted by molar-refractivity contribution is -0.0384. The molecule has 7 nitrogen and oxygen atoms in total. The van der Waals surface area contributed by atoms with Crippen molar-refractivity contribution >= 4 is 21.6 Å². The van der Waals surface area contributed by atoms with E-state index in [1.165, 1.54) is 15.9 Å². The normalized spacial score (nSPS) is 18.7.